The molecule has 0 fully saturated rings. The van der Waals surface area contributed by atoms with E-state index in [0.717, 1.165) is 34.0 Å². The molecule has 0 aliphatic rings. The molecule has 1 aromatic carbocycles. The van der Waals surface area contributed by atoms with E-state index in [9.17, 15) is 0 Å². The van der Waals surface area contributed by atoms with Crippen LogP contribution < -0.4 is 9.47 Å². The Morgan fingerprint density at radius 1 is 1.10 bits per heavy atom. The fourth-order valence-corrected chi connectivity index (χ4v) is 2.16. The number of fused-ring (bicyclic) bond motifs is 1. The van der Waals surface area contributed by atoms with E-state index >= 15 is 0 Å². The molecule has 5 nitrogen and oxygen atoms in total. The minimum absolute atomic E-state index is 0.699. The van der Waals surface area contributed by atoms with Gasteiger partial charge in [0, 0.05) is 6.20 Å². The van der Waals surface area contributed by atoms with Gasteiger partial charge in [0.25, 0.3) is 0 Å². The van der Waals surface area contributed by atoms with E-state index in [4.69, 9.17) is 9.47 Å². The van der Waals surface area contributed by atoms with Crippen molar-refractivity contribution >= 4 is 11.2 Å². The maximum absolute atomic E-state index is 5.39. The standard InChI is InChI=1S/C15H15N3O2/c1-9-6-7-16-15-13(9)17-14(18-15)11-8-10(19-2)4-5-12(11)20-3/h4-8H,1-3H3,(H,16,17,18). The van der Waals surface area contributed by atoms with Crippen molar-refractivity contribution in [1.82, 2.24) is 15.0 Å². The van der Waals surface area contributed by atoms with Gasteiger partial charge in [0.1, 0.15) is 17.3 Å². The first kappa shape index (κ1) is 12.5. The van der Waals surface area contributed by atoms with Crippen LogP contribution in [0.5, 0.6) is 11.5 Å². The summed E-state index contributed by atoms with van der Waals surface area (Å²) in [5.41, 5.74) is 3.59. The highest BCUT2D eigenvalue weighted by Crippen LogP contribution is 2.32. The molecule has 3 rings (SSSR count). The van der Waals surface area contributed by atoms with Crippen LogP contribution in [0.3, 0.4) is 0 Å². The fraction of sp³-hybridized carbons (Fsp3) is 0.200. The van der Waals surface area contributed by atoms with Gasteiger partial charge in [-0.05, 0) is 36.8 Å². The SMILES string of the molecule is COc1ccc(OC)c(-c2nc3nccc(C)c3[nH]2)c1. The van der Waals surface area contributed by atoms with E-state index in [1.807, 2.05) is 31.2 Å². The van der Waals surface area contributed by atoms with Crippen LogP contribution in [-0.2, 0) is 0 Å². The van der Waals surface area contributed by atoms with Gasteiger partial charge in [-0.1, -0.05) is 0 Å². The predicted molar refractivity (Wildman–Crippen MR) is 77.2 cm³/mol. The van der Waals surface area contributed by atoms with E-state index in [1.165, 1.54) is 0 Å². The van der Waals surface area contributed by atoms with Gasteiger partial charge < -0.3 is 14.5 Å². The molecule has 0 saturated heterocycles. The second-order valence-corrected chi connectivity index (χ2v) is 4.48. The zero-order valence-corrected chi connectivity index (χ0v) is 11.6. The van der Waals surface area contributed by atoms with Gasteiger partial charge in [0.15, 0.2) is 5.65 Å². The Morgan fingerprint density at radius 2 is 1.95 bits per heavy atom. The number of rotatable bonds is 3. The van der Waals surface area contributed by atoms with Gasteiger partial charge in [-0.25, -0.2) is 9.97 Å². The second-order valence-electron chi connectivity index (χ2n) is 4.48. The molecule has 0 bridgehead atoms. The molecule has 0 spiro atoms. The zero-order valence-electron chi connectivity index (χ0n) is 11.6. The van der Waals surface area contributed by atoms with Gasteiger partial charge in [-0.2, -0.15) is 0 Å². The molecule has 0 saturated carbocycles. The third kappa shape index (κ3) is 1.97. The molecule has 0 atom stereocenters. The van der Waals surface area contributed by atoms with Crippen molar-refractivity contribution in [3.05, 3.63) is 36.0 Å². The van der Waals surface area contributed by atoms with Crippen molar-refractivity contribution in [2.24, 2.45) is 0 Å². The van der Waals surface area contributed by atoms with Crippen LogP contribution >= 0.6 is 0 Å². The number of H-pyrrole nitrogens is 1. The number of aromatic amines is 1. The molecule has 2 aromatic heterocycles. The number of benzene rings is 1. The minimum Gasteiger partial charge on any atom is -0.497 e. The van der Waals surface area contributed by atoms with Crippen molar-refractivity contribution in [2.75, 3.05) is 14.2 Å². The number of methoxy groups -OCH3 is 2. The number of aryl methyl sites for hydroxylation is 1. The number of nitrogens with one attached hydrogen (secondary N) is 1. The first-order chi connectivity index (χ1) is 9.72. The molecule has 1 N–H and O–H groups in total. The van der Waals surface area contributed by atoms with Gasteiger partial charge in [-0.3, -0.25) is 0 Å². The monoisotopic (exact) mass is 269 g/mol. The first-order valence-electron chi connectivity index (χ1n) is 6.26. The Bertz CT molecular complexity index is 765. The topological polar surface area (TPSA) is 60.0 Å². The van der Waals surface area contributed by atoms with E-state index in [1.54, 1.807) is 20.4 Å². The van der Waals surface area contributed by atoms with Gasteiger partial charge in [0.2, 0.25) is 0 Å². The summed E-state index contributed by atoms with van der Waals surface area (Å²) in [4.78, 5) is 12.1. The summed E-state index contributed by atoms with van der Waals surface area (Å²) in [7, 11) is 3.27. The summed E-state index contributed by atoms with van der Waals surface area (Å²) in [6, 6.07) is 7.56. The number of pyridine rings is 1. The van der Waals surface area contributed by atoms with Crippen LogP contribution in [0.4, 0.5) is 0 Å². The molecule has 0 aliphatic heterocycles. The summed E-state index contributed by atoms with van der Waals surface area (Å²) < 4.78 is 10.7. The number of ether oxygens (including phenoxy) is 2. The van der Waals surface area contributed by atoms with Crippen molar-refractivity contribution in [3.63, 3.8) is 0 Å². The average molecular weight is 269 g/mol. The van der Waals surface area contributed by atoms with Crippen LogP contribution in [0.1, 0.15) is 5.56 Å². The van der Waals surface area contributed by atoms with Crippen molar-refractivity contribution in [2.45, 2.75) is 6.92 Å². The molecular weight excluding hydrogens is 254 g/mol. The Labute approximate surface area is 116 Å². The highest BCUT2D eigenvalue weighted by Gasteiger charge is 2.13. The average Bonchev–Trinajstić information content (AvgIpc) is 2.92. The largest absolute Gasteiger partial charge is 0.497 e. The van der Waals surface area contributed by atoms with Crippen LogP contribution in [0.15, 0.2) is 30.5 Å². The summed E-state index contributed by atoms with van der Waals surface area (Å²) in [5.74, 6) is 2.21. The van der Waals surface area contributed by atoms with Crippen LogP contribution in [0.2, 0.25) is 0 Å². The smallest absolute Gasteiger partial charge is 0.178 e. The fourth-order valence-electron chi connectivity index (χ4n) is 2.16. The normalized spacial score (nSPS) is 10.8. The Kier molecular flexibility index (Phi) is 3.02. The lowest BCUT2D eigenvalue weighted by molar-refractivity contribution is 0.404. The van der Waals surface area contributed by atoms with E-state index in [0.29, 0.717) is 5.65 Å². The van der Waals surface area contributed by atoms with Crippen molar-refractivity contribution in [3.8, 4) is 22.9 Å². The molecule has 0 aliphatic carbocycles. The highest BCUT2D eigenvalue weighted by atomic mass is 16.5. The van der Waals surface area contributed by atoms with E-state index in [-0.39, 0.29) is 0 Å². The van der Waals surface area contributed by atoms with Crippen LogP contribution in [0, 0.1) is 6.92 Å². The first-order valence-corrected chi connectivity index (χ1v) is 6.26. The molecule has 0 amide bonds. The maximum Gasteiger partial charge on any atom is 0.178 e. The number of imidazole rings is 1. The summed E-state index contributed by atoms with van der Waals surface area (Å²) in [6.45, 7) is 2.02. The maximum atomic E-state index is 5.39. The molecule has 0 unspecified atom stereocenters. The molecule has 2 heterocycles. The second kappa shape index (κ2) is 4.85. The molecule has 5 heteroatoms. The minimum atomic E-state index is 0.699. The summed E-state index contributed by atoms with van der Waals surface area (Å²) >= 11 is 0. The number of nitrogens with zero attached hydrogens (tertiary/aromatic N) is 2. The quantitative estimate of drug-likeness (QED) is 0.794. The molecule has 3 aromatic rings. The third-order valence-electron chi connectivity index (χ3n) is 3.26. The Hall–Kier alpha value is -2.56. The van der Waals surface area contributed by atoms with Gasteiger partial charge >= 0.3 is 0 Å². The van der Waals surface area contributed by atoms with E-state index < -0.39 is 0 Å². The van der Waals surface area contributed by atoms with Gasteiger partial charge in [-0.15, -0.1) is 0 Å². The predicted octanol–water partition coefficient (Wildman–Crippen LogP) is 2.95. The van der Waals surface area contributed by atoms with Crippen molar-refractivity contribution in [1.29, 1.82) is 0 Å². The number of aromatic nitrogens is 3. The lowest BCUT2D eigenvalue weighted by atomic mass is 10.2. The lowest BCUT2D eigenvalue weighted by Crippen LogP contribution is -1.91. The lowest BCUT2D eigenvalue weighted by Gasteiger charge is -2.08. The van der Waals surface area contributed by atoms with Crippen molar-refractivity contribution < 1.29 is 9.47 Å². The highest BCUT2D eigenvalue weighted by molar-refractivity contribution is 5.80. The number of hydrogen-bond acceptors (Lipinski definition) is 4. The van der Waals surface area contributed by atoms with E-state index in [2.05, 4.69) is 15.0 Å². The molecule has 0 radical (unpaired) electrons. The third-order valence-corrected chi connectivity index (χ3v) is 3.26. The zero-order chi connectivity index (χ0) is 14.1. The Balaban J connectivity index is 2.21. The van der Waals surface area contributed by atoms with Crippen LogP contribution in [-0.4, -0.2) is 29.2 Å². The van der Waals surface area contributed by atoms with Gasteiger partial charge in [0.05, 0.1) is 25.3 Å². The van der Waals surface area contributed by atoms with Crippen LogP contribution in [0.25, 0.3) is 22.6 Å². The number of hydrogen-bond donors (Lipinski definition) is 1. The summed E-state index contributed by atoms with van der Waals surface area (Å²) in [6.07, 6.45) is 1.76. The molecular formula is C15H15N3O2. The summed E-state index contributed by atoms with van der Waals surface area (Å²) in [5, 5.41) is 0. The molecule has 102 valence electrons. The Morgan fingerprint density at radius 3 is 2.65 bits per heavy atom. The molecule has 20 heavy (non-hydrogen) atoms.